The first-order chi connectivity index (χ1) is 12.5. The Hall–Kier alpha value is -2.14. The van der Waals surface area contributed by atoms with Gasteiger partial charge in [-0.3, -0.25) is 9.59 Å². The van der Waals surface area contributed by atoms with Crippen molar-refractivity contribution in [3.8, 4) is 0 Å². The van der Waals surface area contributed by atoms with E-state index >= 15 is 0 Å². The number of hydrogen-bond donors (Lipinski definition) is 1. The molecule has 1 atom stereocenters. The van der Waals surface area contributed by atoms with E-state index in [2.05, 4.69) is 29.6 Å². The SMILES string of the molecule is CNC(C)C(=O)N1CCC2(CC1)CC(=O)N(CC=Cc1ccccc1)C2. The molecule has 3 rings (SSSR count). The average Bonchev–Trinajstić information content (AvgIpc) is 2.97. The molecule has 2 aliphatic heterocycles. The van der Waals surface area contributed by atoms with E-state index in [1.807, 2.05) is 42.0 Å². The van der Waals surface area contributed by atoms with Gasteiger partial charge in [-0.1, -0.05) is 42.5 Å². The molecule has 1 unspecified atom stereocenters. The molecule has 0 aliphatic carbocycles. The lowest BCUT2D eigenvalue weighted by Gasteiger charge is -2.39. The summed E-state index contributed by atoms with van der Waals surface area (Å²) < 4.78 is 0. The number of nitrogens with one attached hydrogen (secondary N) is 1. The van der Waals surface area contributed by atoms with E-state index in [-0.39, 0.29) is 23.3 Å². The van der Waals surface area contributed by atoms with E-state index in [0.29, 0.717) is 13.0 Å². The highest BCUT2D eigenvalue weighted by molar-refractivity contribution is 5.82. The van der Waals surface area contributed by atoms with E-state index in [4.69, 9.17) is 0 Å². The Morgan fingerprint density at radius 1 is 1.27 bits per heavy atom. The molecule has 5 heteroatoms. The van der Waals surface area contributed by atoms with E-state index < -0.39 is 0 Å². The molecule has 0 bridgehead atoms. The normalized spacial score (nSPS) is 20.9. The Bertz CT molecular complexity index is 663. The monoisotopic (exact) mass is 355 g/mol. The molecule has 0 saturated carbocycles. The number of likely N-dealkylation sites (tertiary alicyclic amines) is 2. The summed E-state index contributed by atoms with van der Waals surface area (Å²) in [6.07, 6.45) is 6.59. The summed E-state index contributed by atoms with van der Waals surface area (Å²) in [4.78, 5) is 28.7. The number of hydrogen-bond acceptors (Lipinski definition) is 3. The van der Waals surface area contributed by atoms with Crippen LogP contribution in [0.4, 0.5) is 0 Å². The van der Waals surface area contributed by atoms with Crippen molar-refractivity contribution in [3.63, 3.8) is 0 Å². The second-order valence-electron chi connectivity index (χ2n) is 7.60. The minimum atomic E-state index is -0.145. The zero-order valence-corrected chi connectivity index (χ0v) is 15.8. The number of piperidine rings is 1. The number of amides is 2. The molecule has 5 nitrogen and oxygen atoms in total. The first-order valence-corrected chi connectivity index (χ1v) is 9.48. The van der Waals surface area contributed by atoms with Gasteiger partial charge in [0.1, 0.15) is 0 Å². The Morgan fingerprint density at radius 2 is 1.96 bits per heavy atom. The topological polar surface area (TPSA) is 52.7 Å². The van der Waals surface area contributed by atoms with Crippen molar-refractivity contribution in [2.45, 2.75) is 32.2 Å². The highest BCUT2D eigenvalue weighted by atomic mass is 16.2. The van der Waals surface area contributed by atoms with Crippen LogP contribution in [0.2, 0.25) is 0 Å². The standard InChI is InChI=1S/C21H29N3O2/c1-17(22-2)20(26)23-13-10-21(11-14-23)15-19(25)24(16-21)12-6-9-18-7-4-3-5-8-18/h3-9,17,22H,10-16H2,1-2H3. The maximum atomic E-state index is 12.5. The second-order valence-corrected chi connectivity index (χ2v) is 7.60. The zero-order valence-electron chi connectivity index (χ0n) is 15.8. The van der Waals surface area contributed by atoms with Crippen LogP contribution in [-0.2, 0) is 9.59 Å². The second kappa shape index (κ2) is 8.04. The van der Waals surface area contributed by atoms with Crippen LogP contribution >= 0.6 is 0 Å². The number of carbonyl (C=O) groups excluding carboxylic acids is 2. The largest absolute Gasteiger partial charge is 0.341 e. The van der Waals surface area contributed by atoms with Crippen LogP contribution in [-0.4, -0.2) is 60.9 Å². The van der Waals surface area contributed by atoms with Crippen LogP contribution in [0.15, 0.2) is 36.4 Å². The smallest absolute Gasteiger partial charge is 0.239 e. The molecule has 2 heterocycles. The van der Waals surface area contributed by atoms with Crippen molar-refractivity contribution >= 4 is 17.9 Å². The van der Waals surface area contributed by atoms with Crippen LogP contribution in [0, 0.1) is 5.41 Å². The molecule has 26 heavy (non-hydrogen) atoms. The van der Waals surface area contributed by atoms with Gasteiger partial charge in [0, 0.05) is 38.0 Å². The van der Waals surface area contributed by atoms with Gasteiger partial charge in [0.05, 0.1) is 6.04 Å². The van der Waals surface area contributed by atoms with Crippen molar-refractivity contribution < 1.29 is 9.59 Å². The predicted molar refractivity (Wildman–Crippen MR) is 103 cm³/mol. The summed E-state index contributed by atoms with van der Waals surface area (Å²) in [6.45, 7) is 4.88. The lowest BCUT2D eigenvalue weighted by Crippen LogP contribution is -2.49. The fourth-order valence-corrected chi connectivity index (χ4v) is 3.96. The number of nitrogens with zero attached hydrogens (tertiary/aromatic N) is 2. The molecule has 2 amide bonds. The molecule has 0 radical (unpaired) electrons. The summed E-state index contributed by atoms with van der Waals surface area (Å²) in [5, 5.41) is 3.01. The zero-order chi connectivity index (χ0) is 18.6. The Morgan fingerprint density at radius 3 is 2.62 bits per heavy atom. The molecular formula is C21H29N3O2. The van der Waals surface area contributed by atoms with Gasteiger partial charge in [-0.15, -0.1) is 0 Å². The van der Waals surface area contributed by atoms with E-state index in [1.54, 1.807) is 0 Å². The van der Waals surface area contributed by atoms with Gasteiger partial charge >= 0.3 is 0 Å². The summed E-state index contributed by atoms with van der Waals surface area (Å²) in [6, 6.07) is 10.00. The van der Waals surface area contributed by atoms with Gasteiger partial charge < -0.3 is 15.1 Å². The molecule has 2 fully saturated rings. The minimum absolute atomic E-state index is 0.0529. The van der Waals surface area contributed by atoms with Gasteiger partial charge in [-0.05, 0) is 32.4 Å². The van der Waals surface area contributed by atoms with Crippen molar-refractivity contribution in [2.24, 2.45) is 5.41 Å². The summed E-state index contributed by atoms with van der Waals surface area (Å²) >= 11 is 0. The molecular weight excluding hydrogens is 326 g/mol. The van der Waals surface area contributed by atoms with Gasteiger partial charge in [-0.25, -0.2) is 0 Å². The quantitative estimate of drug-likeness (QED) is 0.881. The Kier molecular flexibility index (Phi) is 5.77. The van der Waals surface area contributed by atoms with E-state index in [9.17, 15) is 9.59 Å². The number of likely N-dealkylation sites (N-methyl/N-ethyl adjacent to an activating group) is 1. The van der Waals surface area contributed by atoms with Crippen LogP contribution in [0.25, 0.3) is 6.08 Å². The first kappa shape index (κ1) is 18.6. The van der Waals surface area contributed by atoms with Crippen molar-refractivity contribution in [1.82, 2.24) is 15.1 Å². The number of rotatable bonds is 5. The molecule has 1 spiro atoms. The third kappa shape index (κ3) is 4.15. The highest BCUT2D eigenvalue weighted by Gasteiger charge is 2.45. The van der Waals surface area contributed by atoms with Crippen LogP contribution in [0.1, 0.15) is 31.7 Å². The predicted octanol–water partition coefficient (Wildman–Crippen LogP) is 2.15. The van der Waals surface area contributed by atoms with Gasteiger partial charge in [-0.2, -0.15) is 0 Å². The molecule has 1 aromatic rings. The molecule has 2 aliphatic rings. The average molecular weight is 355 g/mol. The summed E-state index contributed by atoms with van der Waals surface area (Å²) in [7, 11) is 1.81. The van der Waals surface area contributed by atoms with Crippen molar-refractivity contribution in [3.05, 3.63) is 42.0 Å². The van der Waals surface area contributed by atoms with E-state index in [0.717, 1.165) is 38.0 Å². The third-order valence-electron chi connectivity index (χ3n) is 5.78. The van der Waals surface area contributed by atoms with Gasteiger partial charge in [0.15, 0.2) is 0 Å². The number of benzene rings is 1. The van der Waals surface area contributed by atoms with E-state index in [1.165, 1.54) is 0 Å². The Balaban J connectivity index is 1.53. The lowest BCUT2D eigenvalue weighted by molar-refractivity contribution is -0.135. The molecule has 2 saturated heterocycles. The maximum absolute atomic E-state index is 12.5. The maximum Gasteiger partial charge on any atom is 0.239 e. The summed E-state index contributed by atoms with van der Waals surface area (Å²) in [5.74, 6) is 0.403. The van der Waals surface area contributed by atoms with Crippen molar-refractivity contribution in [1.29, 1.82) is 0 Å². The molecule has 140 valence electrons. The van der Waals surface area contributed by atoms with Crippen LogP contribution < -0.4 is 5.32 Å². The highest BCUT2D eigenvalue weighted by Crippen LogP contribution is 2.41. The van der Waals surface area contributed by atoms with Crippen LogP contribution in [0.3, 0.4) is 0 Å². The lowest BCUT2D eigenvalue weighted by atomic mass is 9.77. The van der Waals surface area contributed by atoms with Crippen molar-refractivity contribution in [2.75, 3.05) is 33.2 Å². The minimum Gasteiger partial charge on any atom is -0.341 e. The molecule has 0 aromatic heterocycles. The Labute approximate surface area is 156 Å². The number of carbonyl (C=O) groups is 2. The van der Waals surface area contributed by atoms with Gasteiger partial charge in [0.2, 0.25) is 11.8 Å². The van der Waals surface area contributed by atoms with Gasteiger partial charge in [0.25, 0.3) is 0 Å². The van der Waals surface area contributed by atoms with Crippen LogP contribution in [0.5, 0.6) is 0 Å². The first-order valence-electron chi connectivity index (χ1n) is 9.48. The molecule has 1 aromatic carbocycles. The fourth-order valence-electron chi connectivity index (χ4n) is 3.96. The molecule has 1 N–H and O–H groups in total. The summed E-state index contributed by atoms with van der Waals surface area (Å²) in [5.41, 5.74) is 1.21. The fraction of sp³-hybridized carbons (Fsp3) is 0.524. The third-order valence-corrected chi connectivity index (χ3v) is 5.78.